The monoisotopic (exact) mass is 476 g/mol. The molecule has 184 valence electrons. The quantitative estimate of drug-likeness (QED) is 0.166. The number of H-pyrrole nitrogens is 1. The second kappa shape index (κ2) is 12.3. The van der Waals surface area contributed by atoms with E-state index >= 15 is 0 Å². The molecule has 34 heavy (non-hydrogen) atoms. The summed E-state index contributed by atoms with van der Waals surface area (Å²) in [4.78, 5) is 55.0. The summed E-state index contributed by atoms with van der Waals surface area (Å²) in [5.74, 6) is -3.55. The zero-order valence-corrected chi connectivity index (χ0v) is 18.4. The van der Waals surface area contributed by atoms with Crippen molar-refractivity contribution in [2.75, 3.05) is 6.54 Å². The fourth-order valence-electron chi connectivity index (χ4n) is 2.98. The van der Waals surface area contributed by atoms with Crippen LogP contribution in [-0.4, -0.2) is 79.8 Å². The number of rotatable bonds is 12. The minimum Gasteiger partial charge on any atom is -0.508 e. The van der Waals surface area contributed by atoms with Gasteiger partial charge in [-0.2, -0.15) is 0 Å². The van der Waals surface area contributed by atoms with Crippen LogP contribution in [-0.2, 0) is 32.0 Å². The number of benzene rings is 1. The Balaban J connectivity index is 1.87. The summed E-state index contributed by atoms with van der Waals surface area (Å²) in [5.41, 5.74) is 7.01. The molecule has 2 rings (SSSR count). The lowest BCUT2D eigenvalue weighted by Gasteiger charge is -2.23. The van der Waals surface area contributed by atoms with Gasteiger partial charge in [0.15, 0.2) is 0 Å². The molecule has 2 aromatic rings. The van der Waals surface area contributed by atoms with E-state index in [0.717, 1.165) is 0 Å². The number of carbonyl (C=O) groups excluding carboxylic acids is 3. The summed E-state index contributed by atoms with van der Waals surface area (Å²) in [7, 11) is 0. The predicted octanol–water partition coefficient (Wildman–Crippen LogP) is -2.22. The standard InChI is InChI=1S/C21H28N6O7/c1-11(28)18(20(32)26-16(21(33)34)7-13-8-23-10-25-13)27-17(30)9-24-19(31)15(22)6-12-2-4-14(29)5-3-12/h2-5,8,10-11,15-16,18,28-29H,6-7,9,22H2,1H3,(H,23,25)(H,24,31)(H,26,32)(H,27,30)(H,33,34). The maximum absolute atomic E-state index is 12.5. The van der Waals surface area contributed by atoms with Crippen LogP contribution in [0, 0.1) is 0 Å². The molecule has 3 amide bonds. The van der Waals surface area contributed by atoms with Gasteiger partial charge in [0.1, 0.15) is 17.8 Å². The highest BCUT2D eigenvalue weighted by Crippen LogP contribution is 2.10. The number of aliphatic carboxylic acids is 1. The van der Waals surface area contributed by atoms with Crippen LogP contribution in [0.4, 0.5) is 0 Å². The molecule has 4 atom stereocenters. The van der Waals surface area contributed by atoms with E-state index in [4.69, 9.17) is 5.73 Å². The molecule has 0 fully saturated rings. The smallest absolute Gasteiger partial charge is 0.326 e. The van der Waals surface area contributed by atoms with E-state index in [0.29, 0.717) is 11.3 Å². The Morgan fingerprint density at radius 3 is 2.32 bits per heavy atom. The molecule has 13 heteroatoms. The third-order valence-corrected chi connectivity index (χ3v) is 4.83. The van der Waals surface area contributed by atoms with E-state index in [1.165, 1.54) is 31.6 Å². The van der Waals surface area contributed by atoms with Crippen LogP contribution in [0.2, 0.25) is 0 Å². The number of carboxylic acid groups (broad SMARTS) is 1. The van der Waals surface area contributed by atoms with Crippen molar-refractivity contribution < 1.29 is 34.5 Å². The van der Waals surface area contributed by atoms with Crippen LogP contribution < -0.4 is 21.7 Å². The molecular weight excluding hydrogens is 448 g/mol. The average Bonchev–Trinajstić information content (AvgIpc) is 3.29. The minimum absolute atomic E-state index is 0.0751. The molecule has 9 N–H and O–H groups in total. The molecule has 0 aliphatic rings. The SMILES string of the molecule is CC(O)C(NC(=O)CNC(=O)C(N)Cc1ccc(O)cc1)C(=O)NC(Cc1cnc[nH]1)C(=O)O. The largest absolute Gasteiger partial charge is 0.508 e. The van der Waals surface area contributed by atoms with E-state index in [-0.39, 0.29) is 18.6 Å². The first-order valence-electron chi connectivity index (χ1n) is 10.4. The number of nitrogens with two attached hydrogens (primary N) is 1. The van der Waals surface area contributed by atoms with Crippen molar-refractivity contribution in [3.8, 4) is 5.75 Å². The van der Waals surface area contributed by atoms with Crippen molar-refractivity contribution in [2.24, 2.45) is 5.73 Å². The molecule has 0 bridgehead atoms. The van der Waals surface area contributed by atoms with E-state index in [9.17, 15) is 34.5 Å². The van der Waals surface area contributed by atoms with Gasteiger partial charge in [0, 0.05) is 18.3 Å². The van der Waals surface area contributed by atoms with Crippen molar-refractivity contribution in [3.63, 3.8) is 0 Å². The molecule has 0 saturated heterocycles. The number of aliphatic hydroxyl groups excluding tert-OH is 1. The molecule has 0 aliphatic heterocycles. The number of carbonyl (C=O) groups is 4. The maximum atomic E-state index is 12.5. The topological polar surface area (TPSA) is 220 Å². The van der Waals surface area contributed by atoms with Gasteiger partial charge in [-0.3, -0.25) is 14.4 Å². The number of phenols is 1. The van der Waals surface area contributed by atoms with Crippen molar-refractivity contribution in [2.45, 2.75) is 44.0 Å². The highest BCUT2D eigenvalue weighted by atomic mass is 16.4. The van der Waals surface area contributed by atoms with Crippen LogP contribution in [0.1, 0.15) is 18.2 Å². The van der Waals surface area contributed by atoms with Crippen molar-refractivity contribution >= 4 is 23.7 Å². The van der Waals surface area contributed by atoms with Gasteiger partial charge in [0.05, 0.1) is 25.0 Å². The average molecular weight is 476 g/mol. The predicted molar refractivity (Wildman–Crippen MR) is 118 cm³/mol. The molecule has 1 heterocycles. The number of nitrogens with zero attached hydrogens (tertiary/aromatic N) is 1. The van der Waals surface area contributed by atoms with Gasteiger partial charge in [0.2, 0.25) is 17.7 Å². The Hall–Kier alpha value is -3.97. The Morgan fingerprint density at radius 1 is 1.09 bits per heavy atom. The number of nitrogens with one attached hydrogen (secondary N) is 4. The van der Waals surface area contributed by atoms with Crippen molar-refractivity contribution in [3.05, 3.63) is 48.0 Å². The number of aliphatic hydroxyl groups is 1. The lowest BCUT2D eigenvalue weighted by Crippen LogP contribution is -2.57. The number of imidazole rings is 1. The number of phenolic OH excluding ortho intramolecular Hbond substituents is 1. The van der Waals surface area contributed by atoms with E-state index in [2.05, 4.69) is 25.9 Å². The summed E-state index contributed by atoms with van der Waals surface area (Å²) in [6.45, 7) is 0.733. The lowest BCUT2D eigenvalue weighted by atomic mass is 10.1. The van der Waals surface area contributed by atoms with Crippen LogP contribution in [0.25, 0.3) is 0 Å². The van der Waals surface area contributed by atoms with E-state index < -0.39 is 54.5 Å². The fraction of sp³-hybridized carbons (Fsp3) is 0.381. The number of aromatic amines is 1. The summed E-state index contributed by atoms with van der Waals surface area (Å²) in [6.07, 6.45) is 1.50. The van der Waals surface area contributed by atoms with Crippen LogP contribution in [0.3, 0.4) is 0 Å². The first-order valence-corrected chi connectivity index (χ1v) is 10.4. The van der Waals surface area contributed by atoms with Crippen LogP contribution in [0.15, 0.2) is 36.8 Å². The molecule has 1 aromatic heterocycles. The van der Waals surface area contributed by atoms with Gasteiger partial charge in [-0.05, 0) is 31.0 Å². The van der Waals surface area contributed by atoms with Crippen molar-refractivity contribution in [1.29, 1.82) is 0 Å². The zero-order valence-electron chi connectivity index (χ0n) is 18.4. The first kappa shape index (κ1) is 26.3. The summed E-state index contributed by atoms with van der Waals surface area (Å²) in [6, 6.07) is 2.38. The maximum Gasteiger partial charge on any atom is 0.326 e. The third kappa shape index (κ3) is 8.18. The second-order valence-corrected chi connectivity index (χ2v) is 7.66. The van der Waals surface area contributed by atoms with Gasteiger partial charge in [0.25, 0.3) is 0 Å². The lowest BCUT2D eigenvalue weighted by molar-refractivity contribution is -0.143. The van der Waals surface area contributed by atoms with Gasteiger partial charge in [-0.1, -0.05) is 12.1 Å². The number of carboxylic acids is 1. The summed E-state index contributed by atoms with van der Waals surface area (Å²) in [5, 5.41) is 35.5. The molecular formula is C21H28N6O7. The molecule has 0 aliphatic carbocycles. The minimum atomic E-state index is -1.46. The third-order valence-electron chi connectivity index (χ3n) is 4.83. The Labute approximate surface area is 194 Å². The summed E-state index contributed by atoms with van der Waals surface area (Å²) >= 11 is 0. The highest BCUT2D eigenvalue weighted by molar-refractivity contribution is 5.92. The molecule has 1 aromatic carbocycles. The Morgan fingerprint density at radius 2 is 1.76 bits per heavy atom. The highest BCUT2D eigenvalue weighted by Gasteiger charge is 2.30. The Bertz CT molecular complexity index is 978. The zero-order chi connectivity index (χ0) is 25.3. The van der Waals surface area contributed by atoms with Gasteiger partial charge >= 0.3 is 5.97 Å². The van der Waals surface area contributed by atoms with E-state index in [1.54, 1.807) is 12.1 Å². The van der Waals surface area contributed by atoms with Crippen molar-refractivity contribution in [1.82, 2.24) is 25.9 Å². The van der Waals surface area contributed by atoms with Gasteiger partial charge < -0.3 is 42.0 Å². The molecule has 13 nitrogen and oxygen atoms in total. The van der Waals surface area contributed by atoms with E-state index in [1.807, 2.05) is 0 Å². The normalized spacial score (nSPS) is 14.3. The number of hydrogen-bond donors (Lipinski definition) is 8. The number of hydrogen-bond acceptors (Lipinski definition) is 8. The number of amides is 3. The Kier molecular flexibility index (Phi) is 9.52. The molecule has 0 saturated carbocycles. The molecule has 0 radical (unpaired) electrons. The number of aromatic hydroxyl groups is 1. The molecule has 0 spiro atoms. The van der Waals surface area contributed by atoms with Crippen LogP contribution in [0.5, 0.6) is 5.75 Å². The number of aromatic nitrogens is 2. The van der Waals surface area contributed by atoms with Gasteiger partial charge in [-0.15, -0.1) is 0 Å². The summed E-state index contributed by atoms with van der Waals surface area (Å²) < 4.78 is 0. The fourth-order valence-corrected chi connectivity index (χ4v) is 2.98. The second-order valence-electron chi connectivity index (χ2n) is 7.66. The molecule has 4 unspecified atom stereocenters. The van der Waals surface area contributed by atoms with Gasteiger partial charge in [-0.25, -0.2) is 9.78 Å². The van der Waals surface area contributed by atoms with Crippen LogP contribution >= 0.6 is 0 Å². The first-order chi connectivity index (χ1) is 16.1.